The van der Waals surface area contributed by atoms with Crippen molar-refractivity contribution < 1.29 is 19.4 Å². The van der Waals surface area contributed by atoms with Crippen molar-refractivity contribution in [2.45, 2.75) is 18.9 Å². The fourth-order valence-electron chi connectivity index (χ4n) is 4.09. The smallest absolute Gasteiger partial charge is 0.395 e. The molecule has 36 heavy (non-hydrogen) atoms. The Morgan fingerprint density at radius 2 is 1.89 bits per heavy atom. The highest BCUT2D eigenvalue weighted by molar-refractivity contribution is 5.75. The number of rotatable bonds is 7. The van der Waals surface area contributed by atoms with Gasteiger partial charge >= 0.3 is 6.09 Å². The van der Waals surface area contributed by atoms with Gasteiger partial charge in [0.1, 0.15) is 0 Å². The van der Waals surface area contributed by atoms with Crippen LogP contribution in [-0.2, 0) is 11.8 Å². The maximum Gasteiger partial charge on any atom is 0.414 e. The monoisotopic (exact) mass is 489 g/mol. The zero-order valence-corrected chi connectivity index (χ0v) is 19.9. The van der Waals surface area contributed by atoms with Gasteiger partial charge in [-0.15, -0.1) is 5.10 Å². The van der Waals surface area contributed by atoms with Gasteiger partial charge in [0.15, 0.2) is 5.82 Å². The number of ether oxygens (including phenoxy) is 2. The molecule has 0 aliphatic carbocycles. The Kier molecular flexibility index (Phi) is 7.01. The van der Waals surface area contributed by atoms with Crippen molar-refractivity contribution >= 4 is 6.09 Å². The number of aromatic nitrogens is 6. The second-order valence-corrected chi connectivity index (χ2v) is 8.49. The highest BCUT2D eigenvalue weighted by atomic mass is 16.6. The Hall–Kier alpha value is -4.09. The van der Waals surface area contributed by atoms with Gasteiger partial charge in [-0.2, -0.15) is 5.10 Å². The summed E-state index contributed by atoms with van der Waals surface area (Å²) in [5.74, 6) is 0.733. The van der Waals surface area contributed by atoms with Gasteiger partial charge in [0, 0.05) is 68.3 Å². The van der Waals surface area contributed by atoms with Gasteiger partial charge in [-0.05, 0) is 24.5 Å². The topological polar surface area (TPSA) is 129 Å². The molecule has 0 bridgehead atoms. The predicted molar refractivity (Wildman–Crippen MR) is 131 cm³/mol. The summed E-state index contributed by atoms with van der Waals surface area (Å²) < 4.78 is 14.5. The number of amides is 1. The van der Waals surface area contributed by atoms with Crippen LogP contribution in [-0.4, -0.2) is 67.1 Å². The molecule has 2 N–H and O–H groups in total. The highest BCUT2D eigenvalue weighted by Crippen LogP contribution is 2.32. The van der Waals surface area contributed by atoms with Crippen LogP contribution in [0.15, 0.2) is 55.2 Å². The minimum atomic E-state index is -0.688. The average molecular weight is 490 g/mol. The number of benzene rings is 1. The maximum absolute atomic E-state index is 12.2. The van der Waals surface area contributed by atoms with Gasteiger partial charge in [0.25, 0.3) is 5.88 Å². The van der Waals surface area contributed by atoms with E-state index in [0.29, 0.717) is 30.2 Å². The molecule has 11 nitrogen and oxygen atoms in total. The highest BCUT2D eigenvalue weighted by Gasteiger charge is 2.22. The molecule has 1 aliphatic rings. The first kappa shape index (κ1) is 23.6. The molecule has 4 aromatic rings. The molecular weight excluding hydrogens is 462 g/mol. The van der Waals surface area contributed by atoms with E-state index in [-0.39, 0.29) is 25.1 Å². The molecule has 0 unspecified atom stereocenters. The summed E-state index contributed by atoms with van der Waals surface area (Å²) >= 11 is 0. The van der Waals surface area contributed by atoms with Gasteiger partial charge < -0.3 is 19.9 Å². The molecule has 1 saturated heterocycles. The predicted octanol–water partition coefficient (Wildman–Crippen LogP) is 2.84. The van der Waals surface area contributed by atoms with E-state index >= 15 is 0 Å². The zero-order valence-electron chi connectivity index (χ0n) is 19.9. The second-order valence-electron chi connectivity index (χ2n) is 8.49. The summed E-state index contributed by atoms with van der Waals surface area (Å²) in [5.41, 5.74) is 4.19. The Morgan fingerprint density at radius 1 is 1.11 bits per heavy atom. The van der Waals surface area contributed by atoms with E-state index < -0.39 is 6.09 Å². The Labute approximate surface area is 207 Å². The summed E-state index contributed by atoms with van der Waals surface area (Å²) in [6, 6.07) is 8.10. The van der Waals surface area contributed by atoms with E-state index in [9.17, 15) is 4.79 Å². The first-order chi connectivity index (χ1) is 17.6. The SMILES string of the molecule is Cn1cc(-c2cccc(-c3ncc(-c4cn(C5CCOCC5)nc4OC(=O)NCCO)cn3)c2)cn1. The number of aliphatic hydroxyl groups is 1. The van der Waals surface area contributed by atoms with E-state index in [2.05, 4.69) is 25.5 Å². The molecular formula is C25H27N7O4. The minimum absolute atomic E-state index is 0.0881. The largest absolute Gasteiger partial charge is 0.414 e. The first-order valence-corrected chi connectivity index (χ1v) is 11.8. The molecule has 11 heteroatoms. The minimum Gasteiger partial charge on any atom is -0.395 e. The van der Waals surface area contributed by atoms with Crippen LogP contribution in [0.4, 0.5) is 4.79 Å². The lowest BCUT2D eigenvalue weighted by atomic mass is 10.1. The zero-order chi connectivity index (χ0) is 24.9. The van der Waals surface area contributed by atoms with Crippen molar-refractivity contribution in [2.75, 3.05) is 26.4 Å². The molecule has 1 aliphatic heterocycles. The van der Waals surface area contributed by atoms with Crippen molar-refractivity contribution in [3.63, 3.8) is 0 Å². The van der Waals surface area contributed by atoms with Gasteiger partial charge in [0.05, 0.1) is 24.4 Å². The van der Waals surface area contributed by atoms with Crippen LogP contribution in [0.3, 0.4) is 0 Å². The Bertz CT molecular complexity index is 1330. The van der Waals surface area contributed by atoms with E-state index in [1.807, 2.05) is 54.6 Å². The third kappa shape index (κ3) is 5.26. The summed E-state index contributed by atoms with van der Waals surface area (Å²) in [6.45, 7) is 1.21. The van der Waals surface area contributed by atoms with Gasteiger partial charge in [0.2, 0.25) is 0 Å². The summed E-state index contributed by atoms with van der Waals surface area (Å²) in [7, 11) is 1.88. The molecule has 1 fully saturated rings. The number of hydrogen-bond acceptors (Lipinski definition) is 8. The van der Waals surface area contributed by atoms with Crippen molar-refractivity contribution in [1.82, 2.24) is 34.8 Å². The third-order valence-electron chi connectivity index (χ3n) is 5.96. The van der Waals surface area contributed by atoms with E-state index in [4.69, 9.17) is 14.6 Å². The molecule has 5 rings (SSSR count). The maximum atomic E-state index is 12.2. The molecule has 186 valence electrons. The van der Waals surface area contributed by atoms with Crippen LogP contribution in [0.25, 0.3) is 33.6 Å². The molecule has 0 spiro atoms. The standard InChI is InChI=1S/C25H27N7O4/c1-31-15-20(14-29-31)17-3-2-4-18(11-17)23-27-12-19(13-28-23)22-16-32(21-5-9-35-10-6-21)30-24(22)36-25(34)26-7-8-33/h2-4,11-16,21,33H,5-10H2,1H3,(H,26,34). The van der Waals surface area contributed by atoms with Gasteiger partial charge in [-0.25, -0.2) is 14.8 Å². The number of nitrogens with one attached hydrogen (secondary N) is 1. The number of nitrogens with zero attached hydrogens (tertiary/aromatic N) is 6. The summed E-state index contributed by atoms with van der Waals surface area (Å²) in [4.78, 5) is 21.3. The molecule has 0 saturated carbocycles. The third-order valence-corrected chi connectivity index (χ3v) is 5.96. The van der Waals surface area contributed by atoms with Gasteiger partial charge in [-0.1, -0.05) is 18.2 Å². The van der Waals surface area contributed by atoms with E-state index in [0.717, 1.165) is 29.5 Å². The molecule has 0 atom stereocenters. The van der Waals surface area contributed by atoms with Crippen molar-refractivity contribution in [3.8, 4) is 39.5 Å². The number of hydrogen-bond donors (Lipinski definition) is 2. The number of carbonyl (C=O) groups excluding carboxylic acids is 1. The van der Waals surface area contributed by atoms with E-state index in [1.165, 1.54) is 0 Å². The van der Waals surface area contributed by atoms with Crippen LogP contribution in [0, 0.1) is 0 Å². The molecule has 0 radical (unpaired) electrons. The van der Waals surface area contributed by atoms with Crippen LogP contribution in [0.5, 0.6) is 5.88 Å². The fraction of sp³-hybridized carbons (Fsp3) is 0.320. The second kappa shape index (κ2) is 10.7. The van der Waals surface area contributed by atoms with Crippen molar-refractivity contribution in [1.29, 1.82) is 0 Å². The lowest BCUT2D eigenvalue weighted by Gasteiger charge is -2.22. The molecule has 3 aromatic heterocycles. The number of aryl methyl sites for hydroxylation is 1. The molecule has 1 aromatic carbocycles. The Morgan fingerprint density at radius 3 is 2.61 bits per heavy atom. The number of carbonyl (C=O) groups is 1. The lowest BCUT2D eigenvalue weighted by molar-refractivity contribution is 0.0659. The fourth-order valence-corrected chi connectivity index (χ4v) is 4.09. The van der Waals surface area contributed by atoms with Crippen LogP contribution >= 0.6 is 0 Å². The quantitative estimate of drug-likeness (QED) is 0.405. The van der Waals surface area contributed by atoms with Crippen LogP contribution in [0.2, 0.25) is 0 Å². The van der Waals surface area contributed by atoms with Gasteiger partial charge in [-0.3, -0.25) is 9.36 Å². The van der Waals surface area contributed by atoms with Crippen molar-refractivity contribution in [2.24, 2.45) is 7.05 Å². The normalized spacial score (nSPS) is 14.1. The van der Waals surface area contributed by atoms with Crippen molar-refractivity contribution in [3.05, 3.63) is 55.2 Å². The summed E-state index contributed by atoms with van der Waals surface area (Å²) in [5, 5.41) is 20.2. The Balaban J connectivity index is 1.42. The van der Waals surface area contributed by atoms with Crippen LogP contribution < -0.4 is 10.1 Å². The molecule has 4 heterocycles. The average Bonchev–Trinajstić information content (AvgIpc) is 3.55. The summed E-state index contributed by atoms with van der Waals surface area (Å²) in [6.07, 6.45) is 9.97. The lowest BCUT2D eigenvalue weighted by Crippen LogP contribution is -2.29. The van der Waals surface area contributed by atoms with E-state index in [1.54, 1.807) is 17.1 Å². The number of aliphatic hydroxyl groups excluding tert-OH is 1. The molecule has 1 amide bonds. The first-order valence-electron chi connectivity index (χ1n) is 11.8. The van der Waals surface area contributed by atoms with Crippen LogP contribution in [0.1, 0.15) is 18.9 Å².